The third kappa shape index (κ3) is 4.35. The summed E-state index contributed by atoms with van der Waals surface area (Å²) in [6.07, 6.45) is 4.90. The summed E-state index contributed by atoms with van der Waals surface area (Å²) >= 11 is 0. The first kappa shape index (κ1) is 21.6. The number of piperidine rings is 2. The van der Waals surface area contributed by atoms with Crippen molar-refractivity contribution in [3.63, 3.8) is 0 Å². The van der Waals surface area contributed by atoms with Crippen LogP contribution in [0.5, 0.6) is 0 Å². The average molecular weight is 448 g/mol. The van der Waals surface area contributed by atoms with Crippen molar-refractivity contribution in [1.82, 2.24) is 20.5 Å². The van der Waals surface area contributed by atoms with E-state index in [0.717, 1.165) is 48.4 Å². The molecule has 4 heterocycles. The fourth-order valence-electron chi connectivity index (χ4n) is 5.04. The number of hydrogen-bond acceptors (Lipinski definition) is 6. The number of imide groups is 1. The molecule has 3 aliphatic rings. The standard InChI is InChI=1S/C25H29N5O3/c1-15-21(11-18(13-27-15)17-6-8-26-9-7-17)28-12-16-2-3-20-19(10-16)14-30(25(20)33)22-4-5-23(31)29-24(22)32/h2-3,10-11,13,17,22,26,28H,4-9,12,14H2,1H3,(H,29,31,32). The zero-order valence-electron chi connectivity index (χ0n) is 18.8. The van der Waals surface area contributed by atoms with E-state index in [2.05, 4.69) is 27.0 Å². The smallest absolute Gasteiger partial charge is 0.255 e. The van der Waals surface area contributed by atoms with Crippen molar-refractivity contribution >= 4 is 23.4 Å². The van der Waals surface area contributed by atoms with E-state index in [0.29, 0.717) is 31.0 Å². The highest BCUT2D eigenvalue weighted by Crippen LogP contribution is 2.30. The van der Waals surface area contributed by atoms with Gasteiger partial charge in [-0.05, 0) is 74.0 Å². The lowest BCUT2D eigenvalue weighted by atomic mass is 9.91. The first-order chi connectivity index (χ1) is 16.0. The minimum absolute atomic E-state index is 0.145. The molecule has 3 amide bonds. The molecular weight excluding hydrogens is 418 g/mol. The molecule has 2 aromatic rings. The average Bonchev–Trinajstić information content (AvgIpc) is 3.14. The van der Waals surface area contributed by atoms with Gasteiger partial charge in [-0.2, -0.15) is 0 Å². The molecule has 1 aromatic carbocycles. The molecule has 0 radical (unpaired) electrons. The topological polar surface area (TPSA) is 103 Å². The van der Waals surface area contributed by atoms with Crippen LogP contribution in [0, 0.1) is 6.92 Å². The maximum Gasteiger partial charge on any atom is 0.255 e. The van der Waals surface area contributed by atoms with Gasteiger partial charge in [-0.3, -0.25) is 24.7 Å². The highest BCUT2D eigenvalue weighted by molar-refractivity contribution is 6.05. The van der Waals surface area contributed by atoms with Crippen LogP contribution in [0.3, 0.4) is 0 Å². The molecule has 5 rings (SSSR count). The van der Waals surface area contributed by atoms with Crippen molar-refractivity contribution in [1.29, 1.82) is 0 Å². The van der Waals surface area contributed by atoms with Crippen LogP contribution in [0.2, 0.25) is 0 Å². The number of nitrogens with zero attached hydrogens (tertiary/aromatic N) is 2. The highest BCUT2D eigenvalue weighted by Gasteiger charge is 2.39. The Morgan fingerprint density at radius 2 is 1.94 bits per heavy atom. The van der Waals surface area contributed by atoms with E-state index in [-0.39, 0.29) is 24.1 Å². The van der Waals surface area contributed by atoms with Gasteiger partial charge in [-0.15, -0.1) is 0 Å². The monoisotopic (exact) mass is 447 g/mol. The van der Waals surface area contributed by atoms with Gasteiger partial charge in [-0.25, -0.2) is 0 Å². The van der Waals surface area contributed by atoms with Crippen molar-refractivity contribution in [3.8, 4) is 0 Å². The first-order valence-corrected chi connectivity index (χ1v) is 11.7. The Hall–Kier alpha value is -3.26. The van der Waals surface area contributed by atoms with Crippen LogP contribution in [0.25, 0.3) is 0 Å². The lowest BCUT2D eigenvalue weighted by Crippen LogP contribution is -2.52. The summed E-state index contributed by atoms with van der Waals surface area (Å²) in [5.74, 6) is -0.258. The summed E-state index contributed by atoms with van der Waals surface area (Å²) in [4.78, 5) is 42.8. The number of carbonyl (C=O) groups is 3. The lowest BCUT2D eigenvalue weighted by Gasteiger charge is -2.29. The summed E-state index contributed by atoms with van der Waals surface area (Å²) < 4.78 is 0. The van der Waals surface area contributed by atoms with Gasteiger partial charge in [0.25, 0.3) is 5.91 Å². The maximum absolute atomic E-state index is 12.9. The van der Waals surface area contributed by atoms with Gasteiger partial charge in [0.05, 0.1) is 11.4 Å². The van der Waals surface area contributed by atoms with E-state index >= 15 is 0 Å². The number of carbonyl (C=O) groups excluding carboxylic acids is 3. The van der Waals surface area contributed by atoms with Crippen molar-refractivity contribution in [2.45, 2.75) is 57.7 Å². The SMILES string of the molecule is Cc1ncc(C2CCNCC2)cc1NCc1ccc2c(c1)CN(C1CCC(=O)NC1=O)C2=O. The fraction of sp³-hybridized carbons (Fsp3) is 0.440. The van der Waals surface area contributed by atoms with Gasteiger partial charge >= 0.3 is 0 Å². The number of aromatic nitrogens is 1. The van der Waals surface area contributed by atoms with Crippen molar-refractivity contribution in [2.24, 2.45) is 0 Å². The number of pyridine rings is 1. The molecule has 3 N–H and O–H groups in total. The van der Waals surface area contributed by atoms with E-state index in [1.54, 1.807) is 4.90 Å². The molecular formula is C25H29N5O3. The number of amides is 3. The van der Waals surface area contributed by atoms with E-state index < -0.39 is 6.04 Å². The van der Waals surface area contributed by atoms with Gasteiger partial charge in [0.1, 0.15) is 6.04 Å². The normalized spacial score (nSPS) is 21.2. The molecule has 1 aromatic heterocycles. The quantitative estimate of drug-likeness (QED) is 0.608. The number of hydrogen-bond donors (Lipinski definition) is 3. The molecule has 0 bridgehead atoms. The molecule has 0 saturated carbocycles. The molecule has 2 fully saturated rings. The summed E-state index contributed by atoms with van der Waals surface area (Å²) in [5, 5.41) is 9.27. The van der Waals surface area contributed by atoms with Gasteiger partial charge in [-0.1, -0.05) is 12.1 Å². The fourth-order valence-corrected chi connectivity index (χ4v) is 5.04. The Labute approximate surface area is 193 Å². The molecule has 8 nitrogen and oxygen atoms in total. The van der Waals surface area contributed by atoms with Crippen LogP contribution in [0.4, 0.5) is 5.69 Å². The van der Waals surface area contributed by atoms with Gasteiger partial charge < -0.3 is 15.5 Å². The second kappa shape index (κ2) is 8.94. The van der Waals surface area contributed by atoms with Crippen LogP contribution in [0.15, 0.2) is 30.5 Å². The molecule has 8 heteroatoms. The molecule has 1 atom stereocenters. The second-order valence-electron chi connectivity index (χ2n) is 9.17. The van der Waals surface area contributed by atoms with Gasteiger partial charge in [0, 0.05) is 31.3 Å². The predicted octanol–water partition coefficient (Wildman–Crippen LogP) is 2.23. The minimum atomic E-state index is -0.587. The number of anilines is 1. The third-order valence-electron chi connectivity index (χ3n) is 6.99. The van der Waals surface area contributed by atoms with E-state index in [9.17, 15) is 14.4 Å². The lowest BCUT2D eigenvalue weighted by molar-refractivity contribution is -0.136. The largest absolute Gasteiger partial charge is 0.379 e. The van der Waals surface area contributed by atoms with Crippen molar-refractivity contribution in [2.75, 3.05) is 18.4 Å². The van der Waals surface area contributed by atoms with Gasteiger partial charge in [0.15, 0.2) is 0 Å². The third-order valence-corrected chi connectivity index (χ3v) is 6.99. The molecule has 2 saturated heterocycles. The molecule has 172 valence electrons. The molecule has 3 aliphatic heterocycles. The Kier molecular flexibility index (Phi) is 5.85. The second-order valence-corrected chi connectivity index (χ2v) is 9.17. The van der Waals surface area contributed by atoms with E-state index in [4.69, 9.17) is 0 Å². The van der Waals surface area contributed by atoms with Crippen LogP contribution < -0.4 is 16.0 Å². The van der Waals surface area contributed by atoms with E-state index in [1.165, 1.54) is 5.56 Å². The van der Waals surface area contributed by atoms with Crippen LogP contribution in [-0.2, 0) is 22.7 Å². The number of nitrogens with one attached hydrogen (secondary N) is 3. The minimum Gasteiger partial charge on any atom is -0.379 e. The highest BCUT2D eigenvalue weighted by atomic mass is 16.2. The summed E-state index contributed by atoms with van der Waals surface area (Å²) in [5.41, 5.74) is 5.90. The Balaban J connectivity index is 1.27. The Bertz CT molecular complexity index is 1110. The van der Waals surface area contributed by atoms with Crippen molar-refractivity contribution in [3.05, 3.63) is 58.4 Å². The van der Waals surface area contributed by atoms with E-state index in [1.807, 2.05) is 31.3 Å². The first-order valence-electron chi connectivity index (χ1n) is 11.7. The Morgan fingerprint density at radius 3 is 2.73 bits per heavy atom. The summed E-state index contributed by atoms with van der Waals surface area (Å²) in [6.45, 7) is 5.11. The molecule has 33 heavy (non-hydrogen) atoms. The number of aryl methyl sites for hydroxylation is 1. The van der Waals surface area contributed by atoms with Gasteiger partial charge in [0.2, 0.25) is 11.8 Å². The molecule has 1 unspecified atom stereocenters. The Morgan fingerprint density at radius 1 is 1.12 bits per heavy atom. The maximum atomic E-state index is 12.9. The number of benzene rings is 1. The van der Waals surface area contributed by atoms with Crippen LogP contribution >= 0.6 is 0 Å². The van der Waals surface area contributed by atoms with Crippen molar-refractivity contribution < 1.29 is 14.4 Å². The molecule has 0 spiro atoms. The van der Waals surface area contributed by atoms with Crippen LogP contribution in [-0.4, -0.2) is 46.7 Å². The summed E-state index contributed by atoms with van der Waals surface area (Å²) in [6, 6.07) is 7.47. The zero-order chi connectivity index (χ0) is 22.9. The zero-order valence-corrected chi connectivity index (χ0v) is 18.8. The van der Waals surface area contributed by atoms with Crippen LogP contribution in [0.1, 0.15) is 64.3 Å². The number of fused-ring (bicyclic) bond motifs is 1. The molecule has 0 aliphatic carbocycles. The summed E-state index contributed by atoms with van der Waals surface area (Å²) in [7, 11) is 0. The predicted molar refractivity (Wildman–Crippen MR) is 124 cm³/mol. The number of rotatable bonds is 5.